The SMILES string of the molecule is C[C@H]1CN(c2cc(-c3cnc(N)c(OC(F)(F)F)c3)nc(C3CC3)n2)CCO1. The highest BCUT2D eigenvalue weighted by atomic mass is 19.4. The van der Waals surface area contributed by atoms with Crippen LogP contribution >= 0.6 is 0 Å². The Kier molecular flexibility index (Phi) is 4.74. The average molecular weight is 395 g/mol. The van der Waals surface area contributed by atoms with Gasteiger partial charge >= 0.3 is 6.36 Å². The van der Waals surface area contributed by atoms with Crippen LogP contribution in [0, 0.1) is 0 Å². The Morgan fingerprint density at radius 1 is 1.25 bits per heavy atom. The molecule has 0 aromatic carbocycles. The molecule has 2 aliphatic rings. The molecule has 4 rings (SSSR count). The molecule has 0 unspecified atom stereocenters. The highest BCUT2D eigenvalue weighted by molar-refractivity contribution is 5.66. The van der Waals surface area contributed by atoms with Crippen molar-refractivity contribution in [3.8, 4) is 17.0 Å². The molecule has 7 nitrogen and oxygen atoms in total. The third-order valence-corrected chi connectivity index (χ3v) is 4.64. The van der Waals surface area contributed by atoms with Gasteiger partial charge in [-0.1, -0.05) is 0 Å². The molecule has 0 bridgehead atoms. The van der Waals surface area contributed by atoms with Crippen molar-refractivity contribution in [2.45, 2.75) is 38.1 Å². The van der Waals surface area contributed by atoms with E-state index >= 15 is 0 Å². The smallest absolute Gasteiger partial charge is 0.402 e. The molecule has 2 aromatic heterocycles. The molecule has 2 N–H and O–H groups in total. The number of alkyl halides is 3. The number of rotatable bonds is 4. The van der Waals surface area contributed by atoms with Crippen molar-refractivity contribution in [3.63, 3.8) is 0 Å². The molecule has 1 aliphatic heterocycles. The predicted molar refractivity (Wildman–Crippen MR) is 96.0 cm³/mol. The molecular weight excluding hydrogens is 375 g/mol. The average Bonchev–Trinajstić information content (AvgIpc) is 3.47. The molecule has 150 valence electrons. The number of anilines is 2. The third kappa shape index (κ3) is 4.27. The van der Waals surface area contributed by atoms with Crippen molar-refractivity contribution < 1.29 is 22.6 Å². The third-order valence-electron chi connectivity index (χ3n) is 4.64. The number of pyridine rings is 1. The van der Waals surface area contributed by atoms with E-state index in [2.05, 4.69) is 24.6 Å². The van der Waals surface area contributed by atoms with Crippen molar-refractivity contribution in [2.75, 3.05) is 30.3 Å². The van der Waals surface area contributed by atoms with Crippen LogP contribution in [-0.2, 0) is 4.74 Å². The van der Waals surface area contributed by atoms with E-state index in [4.69, 9.17) is 10.5 Å². The quantitative estimate of drug-likeness (QED) is 0.851. The summed E-state index contributed by atoms with van der Waals surface area (Å²) in [5, 5.41) is 0. The van der Waals surface area contributed by atoms with Crippen LogP contribution in [0.1, 0.15) is 31.5 Å². The van der Waals surface area contributed by atoms with Gasteiger partial charge in [0.15, 0.2) is 11.6 Å². The van der Waals surface area contributed by atoms with E-state index in [0.717, 1.165) is 18.7 Å². The number of morpholine rings is 1. The lowest BCUT2D eigenvalue weighted by atomic mass is 10.1. The zero-order valence-electron chi connectivity index (χ0n) is 15.2. The normalized spacial score (nSPS) is 20.3. The summed E-state index contributed by atoms with van der Waals surface area (Å²) in [7, 11) is 0. The number of hydrogen-bond donors (Lipinski definition) is 1. The highest BCUT2D eigenvalue weighted by Gasteiger charge is 2.33. The van der Waals surface area contributed by atoms with Crippen molar-refractivity contribution >= 4 is 11.6 Å². The lowest BCUT2D eigenvalue weighted by Crippen LogP contribution is -2.41. The van der Waals surface area contributed by atoms with Gasteiger partial charge in [-0.3, -0.25) is 0 Å². The molecular formula is C18H20F3N5O2. The minimum atomic E-state index is -4.85. The number of ether oxygens (including phenoxy) is 2. The Morgan fingerprint density at radius 2 is 2.04 bits per heavy atom. The maximum atomic E-state index is 12.6. The van der Waals surface area contributed by atoms with Gasteiger partial charge in [0, 0.05) is 36.8 Å². The van der Waals surface area contributed by atoms with Gasteiger partial charge in [-0.25, -0.2) is 15.0 Å². The first-order valence-corrected chi connectivity index (χ1v) is 9.05. The predicted octanol–water partition coefficient (Wildman–Crippen LogP) is 3.12. The second-order valence-electron chi connectivity index (χ2n) is 7.03. The van der Waals surface area contributed by atoms with Gasteiger partial charge in [0.25, 0.3) is 0 Å². The second kappa shape index (κ2) is 7.08. The Hall–Kier alpha value is -2.62. The zero-order chi connectivity index (χ0) is 19.9. The number of nitrogen functional groups attached to an aromatic ring is 1. The number of nitrogens with zero attached hydrogens (tertiary/aromatic N) is 4. The van der Waals surface area contributed by atoms with Crippen LogP contribution in [0.3, 0.4) is 0 Å². The van der Waals surface area contributed by atoms with Crippen LogP contribution < -0.4 is 15.4 Å². The number of hydrogen-bond acceptors (Lipinski definition) is 7. The Balaban J connectivity index is 1.72. The van der Waals surface area contributed by atoms with Gasteiger partial charge < -0.3 is 20.1 Å². The summed E-state index contributed by atoms with van der Waals surface area (Å²) in [6.07, 6.45) is -1.38. The summed E-state index contributed by atoms with van der Waals surface area (Å²) in [4.78, 5) is 15.2. The Bertz CT molecular complexity index is 873. The summed E-state index contributed by atoms with van der Waals surface area (Å²) in [6, 6.07) is 2.97. The molecule has 1 saturated carbocycles. The van der Waals surface area contributed by atoms with Gasteiger partial charge in [0.05, 0.1) is 18.4 Å². The lowest BCUT2D eigenvalue weighted by Gasteiger charge is -2.32. The van der Waals surface area contributed by atoms with E-state index in [1.165, 1.54) is 12.3 Å². The standard InChI is InChI=1S/C18H20F3N5O2/c1-10-9-26(4-5-27-10)15-7-13(24-17(25-15)11-2-3-11)12-6-14(16(22)23-8-12)28-18(19,20)21/h6-8,10-11H,2-5,9H2,1H3,(H2,22,23)/t10-/m0/s1. The minimum absolute atomic E-state index is 0.0709. The molecule has 1 saturated heterocycles. The minimum Gasteiger partial charge on any atom is -0.402 e. The first-order chi connectivity index (χ1) is 13.3. The van der Waals surface area contributed by atoms with E-state index in [9.17, 15) is 13.2 Å². The molecule has 0 spiro atoms. The van der Waals surface area contributed by atoms with Crippen LogP contribution in [0.25, 0.3) is 11.3 Å². The molecule has 1 atom stereocenters. The monoisotopic (exact) mass is 395 g/mol. The summed E-state index contributed by atoms with van der Waals surface area (Å²) in [5.74, 6) is 0.835. The molecule has 2 fully saturated rings. The van der Waals surface area contributed by atoms with Crippen molar-refractivity contribution in [1.29, 1.82) is 0 Å². The second-order valence-corrected chi connectivity index (χ2v) is 7.03. The zero-order valence-corrected chi connectivity index (χ0v) is 15.2. The lowest BCUT2D eigenvalue weighted by molar-refractivity contribution is -0.274. The molecule has 28 heavy (non-hydrogen) atoms. The Labute approximate surface area is 159 Å². The van der Waals surface area contributed by atoms with E-state index in [1.807, 2.05) is 6.92 Å². The molecule has 3 heterocycles. The van der Waals surface area contributed by atoms with Crippen LogP contribution in [0.2, 0.25) is 0 Å². The maximum Gasteiger partial charge on any atom is 0.573 e. The van der Waals surface area contributed by atoms with Gasteiger partial charge in [0.1, 0.15) is 11.6 Å². The fraction of sp³-hybridized carbons (Fsp3) is 0.500. The topological polar surface area (TPSA) is 86.4 Å². The van der Waals surface area contributed by atoms with Crippen molar-refractivity contribution in [3.05, 3.63) is 24.2 Å². The van der Waals surface area contributed by atoms with Gasteiger partial charge in [0.2, 0.25) is 0 Å². The fourth-order valence-corrected chi connectivity index (χ4v) is 3.11. The van der Waals surface area contributed by atoms with Crippen LogP contribution in [0.4, 0.5) is 24.8 Å². The van der Waals surface area contributed by atoms with E-state index in [0.29, 0.717) is 36.8 Å². The van der Waals surface area contributed by atoms with Crippen LogP contribution in [0.15, 0.2) is 18.3 Å². The highest BCUT2D eigenvalue weighted by Crippen LogP contribution is 2.40. The molecule has 1 aliphatic carbocycles. The maximum absolute atomic E-state index is 12.6. The summed E-state index contributed by atoms with van der Waals surface area (Å²) >= 11 is 0. The van der Waals surface area contributed by atoms with Crippen molar-refractivity contribution in [1.82, 2.24) is 15.0 Å². The summed E-state index contributed by atoms with van der Waals surface area (Å²) in [6.45, 7) is 3.95. The fourth-order valence-electron chi connectivity index (χ4n) is 3.11. The number of halogens is 3. The van der Waals surface area contributed by atoms with Crippen LogP contribution in [0.5, 0.6) is 5.75 Å². The largest absolute Gasteiger partial charge is 0.573 e. The molecule has 10 heteroatoms. The van der Waals surface area contributed by atoms with E-state index < -0.39 is 12.1 Å². The van der Waals surface area contributed by atoms with Gasteiger partial charge in [-0.15, -0.1) is 13.2 Å². The Morgan fingerprint density at radius 3 is 2.71 bits per heavy atom. The molecule has 2 aromatic rings. The number of aromatic nitrogens is 3. The molecule has 0 radical (unpaired) electrons. The van der Waals surface area contributed by atoms with Crippen molar-refractivity contribution in [2.24, 2.45) is 0 Å². The first-order valence-electron chi connectivity index (χ1n) is 9.05. The van der Waals surface area contributed by atoms with Gasteiger partial charge in [-0.05, 0) is 25.8 Å². The van der Waals surface area contributed by atoms with Gasteiger partial charge in [-0.2, -0.15) is 0 Å². The first kappa shape index (κ1) is 18.7. The van der Waals surface area contributed by atoms with Crippen LogP contribution in [-0.4, -0.2) is 47.1 Å². The summed E-state index contributed by atoms with van der Waals surface area (Å²) < 4.78 is 47.4. The molecule has 0 amide bonds. The van der Waals surface area contributed by atoms with E-state index in [1.54, 1.807) is 6.07 Å². The number of nitrogens with two attached hydrogens (primary N) is 1. The van der Waals surface area contributed by atoms with E-state index in [-0.39, 0.29) is 17.8 Å². The summed E-state index contributed by atoms with van der Waals surface area (Å²) in [5.41, 5.74) is 6.41.